The van der Waals surface area contributed by atoms with E-state index in [1.54, 1.807) is 7.11 Å². The van der Waals surface area contributed by atoms with Gasteiger partial charge in [-0.15, -0.1) is 0 Å². The van der Waals surface area contributed by atoms with E-state index in [0.29, 0.717) is 19.5 Å². The first-order valence-electron chi connectivity index (χ1n) is 7.56. The summed E-state index contributed by atoms with van der Waals surface area (Å²) in [4.78, 5) is 14.8. The molecule has 0 bridgehead atoms. The minimum Gasteiger partial charge on any atom is -0.496 e. The maximum Gasteiger partial charge on any atom is 0.247 e. The van der Waals surface area contributed by atoms with Gasteiger partial charge in [-0.1, -0.05) is 12.1 Å². The van der Waals surface area contributed by atoms with Gasteiger partial charge >= 0.3 is 0 Å². The molecule has 1 aromatic rings. The molecule has 1 aliphatic heterocycles. The summed E-state index contributed by atoms with van der Waals surface area (Å²) in [6, 6.07) is 6.00. The van der Waals surface area contributed by atoms with E-state index in [-0.39, 0.29) is 11.9 Å². The molecule has 0 saturated carbocycles. The molecule has 1 atom stereocenters. The second-order valence-corrected chi connectivity index (χ2v) is 6.09. The second kappa shape index (κ2) is 5.31. The molecule has 0 aromatic heterocycles. The summed E-state index contributed by atoms with van der Waals surface area (Å²) in [6.45, 7) is 1.41. The summed E-state index contributed by atoms with van der Waals surface area (Å²) < 4.78 is 5.39. The molecule has 3 rings (SSSR count). The van der Waals surface area contributed by atoms with Crippen LogP contribution in [-0.4, -0.2) is 37.0 Å². The lowest BCUT2D eigenvalue weighted by Crippen LogP contribution is -2.54. The lowest BCUT2D eigenvalue weighted by atomic mass is 9.90. The normalized spacial score (nSPS) is 25.8. The highest BCUT2D eigenvalue weighted by Crippen LogP contribution is 2.40. The van der Waals surface area contributed by atoms with Gasteiger partial charge in [0, 0.05) is 19.1 Å². The van der Waals surface area contributed by atoms with Crippen LogP contribution in [0.5, 0.6) is 5.75 Å². The number of amides is 1. The van der Waals surface area contributed by atoms with Crippen LogP contribution < -0.4 is 16.2 Å². The van der Waals surface area contributed by atoms with Crippen molar-refractivity contribution in [3.63, 3.8) is 0 Å². The molecule has 1 saturated heterocycles. The van der Waals surface area contributed by atoms with Crippen molar-refractivity contribution in [3.05, 3.63) is 29.3 Å². The number of hydrogen-bond donors (Lipinski definition) is 2. The average Bonchev–Trinajstić information content (AvgIpc) is 2.86. The predicted molar refractivity (Wildman–Crippen MR) is 81.0 cm³/mol. The number of piperidine rings is 1. The van der Waals surface area contributed by atoms with Crippen molar-refractivity contribution >= 4 is 5.91 Å². The van der Waals surface area contributed by atoms with Gasteiger partial charge in [0.1, 0.15) is 11.3 Å². The third-order valence-electron chi connectivity index (χ3n) is 4.81. The number of carbonyl (C=O) groups excluding carboxylic acids is 1. The summed E-state index contributed by atoms with van der Waals surface area (Å²) in [5.41, 5.74) is 13.5. The van der Waals surface area contributed by atoms with E-state index in [1.807, 2.05) is 23.1 Å². The number of ether oxygens (including phenoxy) is 1. The van der Waals surface area contributed by atoms with Crippen LogP contribution in [-0.2, 0) is 16.8 Å². The van der Waals surface area contributed by atoms with Crippen LogP contribution in [0.2, 0.25) is 0 Å². The van der Waals surface area contributed by atoms with Gasteiger partial charge in [-0.05, 0) is 42.9 Å². The van der Waals surface area contributed by atoms with Gasteiger partial charge in [0.25, 0.3) is 0 Å². The van der Waals surface area contributed by atoms with Crippen molar-refractivity contribution in [1.29, 1.82) is 0 Å². The lowest BCUT2D eigenvalue weighted by molar-refractivity contribution is -0.138. The summed E-state index contributed by atoms with van der Waals surface area (Å²) in [6.07, 6.45) is 3.14. The Balaban J connectivity index is 1.88. The predicted octanol–water partition coefficient (Wildman–Crippen LogP) is 0.745. The molecule has 4 N–H and O–H groups in total. The average molecular weight is 289 g/mol. The Bertz CT molecular complexity index is 552. The maximum absolute atomic E-state index is 12.9. The van der Waals surface area contributed by atoms with Crippen molar-refractivity contribution in [3.8, 4) is 5.75 Å². The van der Waals surface area contributed by atoms with Gasteiger partial charge in [0.05, 0.1) is 7.11 Å². The highest BCUT2D eigenvalue weighted by molar-refractivity contribution is 5.89. The van der Waals surface area contributed by atoms with E-state index >= 15 is 0 Å². The second-order valence-electron chi connectivity index (χ2n) is 6.09. The molecule has 0 radical (unpaired) electrons. The number of benzene rings is 1. The van der Waals surface area contributed by atoms with E-state index in [4.69, 9.17) is 16.2 Å². The van der Waals surface area contributed by atoms with E-state index in [1.165, 1.54) is 0 Å². The van der Waals surface area contributed by atoms with E-state index in [2.05, 4.69) is 0 Å². The molecular weight excluding hydrogens is 266 g/mol. The molecule has 1 aromatic carbocycles. The van der Waals surface area contributed by atoms with Gasteiger partial charge in [-0.2, -0.15) is 0 Å². The third kappa shape index (κ3) is 2.30. The highest BCUT2D eigenvalue weighted by Gasteiger charge is 2.45. The molecule has 1 heterocycles. The van der Waals surface area contributed by atoms with Gasteiger partial charge in [-0.3, -0.25) is 4.79 Å². The smallest absolute Gasteiger partial charge is 0.247 e. The van der Waals surface area contributed by atoms with Crippen molar-refractivity contribution in [1.82, 2.24) is 4.90 Å². The van der Waals surface area contributed by atoms with Crippen LogP contribution in [0.3, 0.4) is 0 Å². The van der Waals surface area contributed by atoms with Crippen molar-refractivity contribution in [2.24, 2.45) is 11.5 Å². The van der Waals surface area contributed by atoms with E-state index in [9.17, 15) is 4.79 Å². The molecule has 1 aliphatic carbocycles. The van der Waals surface area contributed by atoms with Crippen molar-refractivity contribution in [2.45, 2.75) is 37.3 Å². The number of carbonyl (C=O) groups is 1. The Morgan fingerprint density at radius 1 is 1.38 bits per heavy atom. The Labute approximate surface area is 125 Å². The van der Waals surface area contributed by atoms with Crippen LogP contribution in [0.15, 0.2) is 18.2 Å². The zero-order valence-corrected chi connectivity index (χ0v) is 12.5. The fourth-order valence-electron chi connectivity index (χ4n) is 3.50. The molecule has 0 spiro atoms. The number of nitrogens with two attached hydrogens (primary N) is 2. The summed E-state index contributed by atoms with van der Waals surface area (Å²) in [5.74, 6) is 0.856. The molecular formula is C16H23N3O2. The van der Waals surface area contributed by atoms with Crippen LogP contribution in [0.1, 0.15) is 30.4 Å². The molecule has 2 aliphatic rings. The monoisotopic (exact) mass is 289 g/mol. The topological polar surface area (TPSA) is 81.6 Å². The summed E-state index contributed by atoms with van der Waals surface area (Å²) in [7, 11) is 1.65. The standard InChI is InChI=1S/C16H23N3O2/c1-21-14-4-2-3-13-12(14)5-8-16(13,18)15(20)19-9-6-11(17)7-10-19/h2-4,11H,5-10,17-18H2,1H3. The van der Waals surface area contributed by atoms with Crippen LogP contribution in [0, 0.1) is 0 Å². The first-order chi connectivity index (χ1) is 10.1. The molecule has 1 fully saturated rings. The summed E-state index contributed by atoms with van der Waals surface area (Å²) in [5, 5.41) is 0. The Morgan fingerprint density at radius 3 is 2.76 bits per heavy atom. The van der Waals surface area contributed by atoms with Gasteiger partial charge in [0.15, 0.2) is 0 Å². The first kappa shape index (κ1) is 14.4. The molecule has 114 valence electrons. The molecule has 5 heteroatoms. The minimum atomic E-state index is -0.911. The number of nitrogens with zero attached hydrogens (tertiary/aromatic N) is 1. The molecule has 1 amide bonds. The number of hydrogen-bond acceptors (Lipinski definition) is 4. The zero-order valence-electron chi connectivity index (χ0n) is 12.5. The van der Waals surface area contributed by atoms with Crippen molar-refractivity contribution < 1.29 is 9.53 Å². The number of methoxy groups -OCH3 is 1. The third-order valence-corrected chi connectivity index (χ3v) is 4.81. The number of likely N-dealkylation sites (tertiary alicyclic amines) is 1. The van der Waals surface area contributed by atoms with Crippen LogP contribution in [0.4, 0.5) is 0 Å². The molecule has 1 unspecified atom stereocenters. The van der Waals surface area contributed by atoms with Gasteiger partial charge in [0.2, 0.25) is 5.91 Å². The Kier molecular flexibility index (Phi) is 3.63. The van der Waals surface area contributed by atoms with Gasteiger partial charge in [-0.25, -0.2) is 0 Å². The highest BCUT2D eigenvalue weighted by atomic mass is 16.5. The van der Waals surface area contributed by atoms with E-state index < -0.39 is 5.54 Å². The Hall–Kier alpha value is -1.59. The van der Waals surface area contributed by atoms with E-state index in [0.717, 1.165) is 36.1 Å². The van der Waals surface area contributed by atoms with Crippen LogP contribution >= 0.6 is 0 Å². The lowest BCUT2D eigenvalue weighted by Gasteiger charge is -2.36. The Morgan fingerprint density at radius 2 is 2.10 bits per heavy atom. The fraction of sp³-hybridized carbons (Fsp3) is 0.562. The molecule has 21 heavy (non-hydrogen) atoms. The number of rotatable bonds is 2. The van der Waals surface area contributed by atoms with Crippen molar-refractivity contribution in [2.75, 3.05) is 20.2 Å². The van der Waals surface area contributed by atoms with Gasteiger partial charge < -0.3 is 21.1 Å². The minimum absolute atomic E-state index is 0.0291. The zero-order chi connectivity index (χ0) is 15.0. The SMILES string of the molecule is COc1cccc2c1CCC2(N)C(=O)N1CCC(N)CC1. The molecule has 5 nitrogen and oxygen atoms in total. The fourth-order valence-corrected chi connectivity index (χ4v) is 3.50. The van der Waals surface area contributed by atoms with Crippen LogP contribution in [0.25, 0.3) is 0 Å². The number of fused-ring (bicyclic) bond motifs is 1. The maximum atomic E-state index is 12.9. The summed E-state index contributed by atoms with van der Waals surface area (Å²) >= 11 is 0. The quantitative estimate of drug-likeness (QED) is 0.841. The largest absolute Gasteiger partial charge is 0.496 e. The first-order valence-corrected chi connectivity index (χ1v) is 7.56.